The number of anilines is 1. The third-order valence-corrected chi connectivity index (χ3v) is 6.50. The summed E-state index contributed by atoms with van der Waals surface area (Å²) in [7, 11) is 1.66. The number of ether oxygens (including phenoxy) is 1. The second kappa shape index (κ2) is 6.82. The summed E-state index contributed by atoms with van der Waals surface area (Å²) in [4.78, 5) is 28.9. The van der Waals surface area contributed by atoms with E-state index in [9.17, 15) is 14.7 Å². The number of carbonyl (C=O) groups is 2. The molecule has 140 valence electrons. The number of methoxy groups -OCH3 is 1. The maximum Gasteiger partial charge on any atom is 0.307 e. The molecule has 0 unspecified atom stereocenters. The van der Waals surface area contributed by atoms with Crippen LogP contribution in [0.25, 0.3) is 0 Å². The van der Waals surface area contributed by atoms with Gasteiger partial charge in [0.25, 0.3) is 0 Å². The van der Waals surface area contributed by atoms with E-state index in [-0.39, 0.29) is 23.7 Å². The Labute approximate surface area is 153 Å². The molecule has 6 nitrogen and oxygen atoms in total. The first-order valence-electron chi connectivity index (χ1n) is 9.49. The molecule has 0 aromatic heterocycles. The molecule has 3 aliphatic rings. The number of hydrogen-bond donors (Lipinski definition) is 1. The van der Waals surface area contributed by atoms with E-state index in [0.29, 0.717) is 13.1 Å². The molecule has 1 aromatic carbocycles. The molecular formula is C20H26N2O4. The summed E-state index contributed by atoms with van der Waals surface area (Å²) in [6.45, 7) is 2.82. The Bertz CT molecular complexity index is 699. The van der Waals surface area contributed by atoms with Crippen LogP contribution in [0.3, 0.4) is 0 Å². The highest BCUT2D eigenvalue weighted by molar-refractivity contribution is 5.86. The number of nitrogens with zero attached hydrogens (tertiary/aromatic N) is 2. The number of carboxylic acids is 1. The van der Waals surface area contributed by atoms with Crippen LogP contribution in [0, 0.1) is 23.7 Å². The monoisotopic (exact) mass is 358 g/mol. The van der Waals surface area contributed by atoms with Gasteiger partial charge in [-0.1, -0.05) is 6.07 Å². The quantitative estimate of drug-likeness (QED) is 0.892. The van der Waals surface area contributed by atoms with Gasteiger partial charge >= 0.3 is 5.97 Å². The van der Waals surface area contributed by atoms with Crippen LogP contribution in [-0.4, -0.2) is 55.2 Å². The minimum atomic E-state index is -0.787. The zero-order chi connectivity index (χ0) is 18.3. The number of aliphatic carboxylic acids is 1. The molecule has 1 amide bonds. The van der Waals surface area contributed by atoms with Crippen LogP contribution in [0.5, 0.6) is 5.75 Å². The zero-order valence-electron chi connectivity index (χ0n) is 15.1. The van der Waals surface area contributed by atoms with Crippen molar-refractivity contribution in [2.75, 3.05) is 38.2 Å². The van der Waals surface area contributed by atoms with Crippen molar-refractivity contribution in [2.45, 2.75) is 19.3 Å². The van der Waals surface area contributed by atoms with E-state index in [4.69, 9.17) is 4.74 Å². The lowest BCUT2D eigenvalue weighted by Gasteiger charge is -2.39. The lowest BCUT2D eigenvalue weighted by atomic mass is 9.78. The largest absolute Gasteiger partial charge is 0.497 e. The predicted molar refractivity (Wildman–Crippen MR) is 97.2 cm³/mol. The van der Waals surface area contributed by atoms with Crippen molar-refractivity contribution in [3.8, 4) is 5.75 Å². The Morgan fingerprint density at radius 2 is 1.77 bits per heavy atom. The molecule has 2 saturated carbocycles. The van der Waals surface area contributed by atoms with Crippen LogP contribution in [0.2, 0.25) is 0 Å². The van der Waals surface area contributed by atoms with Gasteiger partial charge in [0, 0.05) is 37.9 Å². The summed E-state index contributed by atoms with van der Waals surface area (Å²) in [5, 5.41) is 9.60. The van der Waals surface area contributed by atoms with E-state index in [1.807, 2.05) is 23.1 Å². The van der Waals surface area contributed by atoms with Gasteiger partial charge in [0.1, 0.15) is 5.75 Å². The van der Waals surface area contributed by atoms with Crippen molar-refractivity contribution < 1.29 is 19.4 Å². The van der Waals surface area contributed by atoms with E-state index < -0.39 is 11.9 Å². The smallest absolute Gasteiger partial charge is 0.307 e. The summed E-state index contributed by atoms with van der Waals surface area (Å²) in [6, 6.07) is 7.95. The summed E-state index contributed by atoms with van der Waals surface area (Å²) < 4.78 is 5.29. The molecule has 2 bridgehead atoms. The molecule has 1 N–H and O–H groups in total. The molecule has 1 aromatic rings. The van der Waals surface area contributed by atoms with Gasteiger partial charge in [0.05, 0.1) is 18.9 Å². The zero-order valence-corrected chi connectivity index (χ0v) is 15.1. The molecule has 1 saturated heterocycles. The molecule has 1 aliphatic heterocycles. The topological polar surface area (TPSA) is 70.1 Å². The maximum atomic E-state index is 13.1. The number of carboxylic acid groups (broad SMARTS) is 1. The second-order valence-corrected chi connectivity index (χ2v) is 7.74. The highest BCUT2D eigenvalue weighted by Gasteiger charge is 2.54. The average molecular weight is 358 g/mol. The first-order valence-corrected chi connectivity index (χ1v) is 9.49. The van der Waals surface area contributed by atoms with Crippen molar-refractivity contribution in [3.05, 3.63) is 24.3 Å². The van der Waals surface area contributed by atoms with E-state index in [1.165, 1.54) is 0 Å². The third-order valence-electron chi connectivity index (χ3n) is 6.50. The van der Waals surface area contributed by atoms with Gasteiger partial charge in [0.15, 0.2) is 0 Å². The summed E-state index contributed by atoms with van der Waals surface area (Å²) >= 11 is 0. The number of carbonyl (C=O) groups excluding carboxylic acids is 1. The lowest BCUT2D eigenvalue weighted by molar-refractivity contribution is -0.153. The number of amides is 1. The molecule has 3 fully saturated rings. The number of rotatable bonds is 4. The lowest BCUT2D eigenvalue weighted by Crippen LogP contribution is -2.52. The van der Waals surface area contributed by atoms with Crippen LogP contribution >= 0.6 is 0 Å². The average Bonchev–Trinajstić information content (AvgIpc) is 3.29. The van der Waals surface area contributed by atoms with Gasteiger partial charge < -0.3 is 19.6 Å². The fourth-order valence-electron chi connectivity index (χ4n) is 5.21. The van der Waals surface area contributed by atoms with Crippen molar-refractivity contribution >= 4 is 17.6 Å². The number of fused-ring (bicyclic) bond motifs is 2. The van der Waals surface area contributed by atoms with Crippen LogP contribution in [-0.2, 0) is 9.59 Å². The first kappa shape index (κ1) is 17.2. The summed E-state index contributed by atoms with van der Waals surface area (Å²) in [5.74, 6) is -0.213. The molecule has 26 heavy (non-hydrogen) atoms. The Morgan fingerprint density at radius 1 is 1.08 bits per heavy atom. The van der Waals surface area contributed by atoms with Crippen LogP contribution in [0.1, 0.15) is 19.3 Å². The van der Waals surface area contributed by atoms with Gasteiger partial charge in [-0.05, 0) is 43.2 Å². The standard InChI is InChI=1S/C20H26N2O4/c1-26-16-4-2-3-15(12-16)21-7-9-22(10-8-21)19(23)17-13-5-6-14(11-13)18(17)20(24)25/h2-4,12-14,17-18H,5-11H2,1H3,(H,24,25)/t13-,14+,17+,18+/m1/s1. The van der Waals surface area contributed by atoms with Gasteiger partial charge in [-0.3, -0.25) is 9.59 Å². The van der Waals surface area contributed by atoms with Gasteiger partial charge in [0.2, 0.25) is 5.91 Å². The van der Waals surface area contributed by atoms with Crippen molar-refractivity contribution in [2.24, 2.45) is 23.7 Å². The Hall–Kier alpha value is -2.24. The molecule has 0 radical (unpaired) electrons. The third kappa shape index (κ3) is 2.91. The number of hydrogen-bond acceptors (Lipinski definition) is 4. The Balaban J connectivity index is 1.41. The van der Waals surface area contributed by atoms with Crippen LogP contribution in [0.4, 0.5) is 5.69 Å². The van der Waals surface area contributed by atoms with Crippen molar-refractivity contribution in [1.29, 1.82) is 0 Å². The Kier molecular flexibility index (Phi) is 4.51. The number of benzene rings is 1. The van der Waals surface area contributed by atoms with E-state index in [1.54, 1.807) is 7.11 Å². The van der Waals surface area contributed by atoms with E-state index in [0.717, 1.165) is 43.8 Å². The fourth-order valence-corrected chi connectivity index (χ4v) is 5.21. The van der Waals surface area contributed by atoms with Crippen molar-refractivity contribution in [3.63, 3.8) is 0 Å². The summed E-state index contributed by atoms with van der Waals surface area (Å²) in [6.07, 6.45) is 2.89. The first-order chi connectivity index (χ1) is 12.6. The van der Waals surface area contributed by atoms with E-state index >= 15 is 0 Å². The highest BCUT2D eigenvalue weighted by Crippen LogP contribution is 2.53. The second-order valence-electron chi connectivity index (χ2n) is 7.74. The van der Waals surface area contributed by atoms with Gasteiger partial charge in [-0.25, -0.2) is 0 Å². The SMILES string of the molecule is COc1cccc(N2CCN(C(=O)[C@H]3[C@@H]4CC[C@@H](C4)[C@@H]3C(=O)O)CC2)c1. The maximum absolute atomic E-state index is 13.1. The molecule has 4 atom stereocenters. The minimum Gasteiger partial charge on any atom is -0.497 e. The predicted octanol–water partition coefficient (Wildman–Crippen LogP) is 2.09. The van der Waals surface area contributed by atoms with E-state index in [2.05, 4.69) is 11.0 Å². The molecular weight excluding hydrogens is 332 g/mol. The highest BCUT2D eigenvalue weighted by atomic mass is 16.5. The molecule has 6 heteroatoms. The molecule has 1 heterocycles. The minimum absolute atomic E-state index is 0.0647. The van der Waals surface area contributed by atoms with Crippen molar-refractivity contribution in [1.82, 2.24) is 4.90 Å². The Morgan fingerprint density at radius 3 is 2.42 bits per heavy atom. The normalized spacial score (nSPS) is 30.5. The van der Waals surface area contributed by atoms with Crippen LogP contribution < -0.4 is 9.64 Å². The van der Waals surface area contributed by atoms with Gasteiger partial charge in [-0.2, -0.15) is 0 Å². The molecule has 4 rings (SSSR count). The molecule has 2 aliphatic carbocycles. The van der Waals surface area contributed by atoms with Crippen LogP contribution in [0.15, 0.2) is 24.3 Å². The molecule has 0 spiro atoms. The number of piperazine rings is 1. The summed E-state index contributed by atoms with van der Waals surface area (Å²) in [5.41, 5.74) is 1.10. The fraction of sp³-hybridized carbons (Fsp3) is 0.600. The van der Waals surface area contributed by atoms with Gasteiger partial charge in [-0.15, -0.1) is 0 Å².